The zero-order chi connectivity index (χ0) is 9.80. The molecule has 14 heavy (non-hydrogen) atoms. The van der Waals surface area contributed by atoms with E-state index in [2.05, 4.69) is 0 Å². The molecule has 0 fully saturated rings. The molecule has 0 aliphatic heterocycles. The Hall–Kier alpha value is -1.41. The fourth-order valence-electron chi connectivity index (χ4n) is 1.30. The van der Waals surface area contributed by atoms with Gasteiger partial charge in [0.05, 0.1) is 0 Å². The summed E-state index contributed by atoms with van der Waals surface area (Å²) in [5.74, 6) is 0.188. The fourth-order valence-corrected chi connectivity index (χ4v) is 2.00. The maximum absolute atomic E-state index is 11.7. The molecule has 1 nitrogen and oxygen atoms in total. The van der Waals surface area contributed by atoms with Crippen molar-refractivity contribution < 1.29 is 4.79 Å². The average molecular weight is 202 g/mol. The van der Waals surface area contributed by atoms with E-state index in [1.807, 2.05) is 47.8 Å². The average Bonchev–Trinajstić information content (AvgIpc) is 2.72. The summed E-state index contributed by atoms with van der Waals surface area (Å²) in [6, 6.07) is 13.4. The third-order valence-electron chi connectivity index (χ3n) is 2.01. The number of ketones is 1. The molecule has 0 radical (unpaired) electrons. The number of hydrogen-bond acceptors (Lipinski definition) is 2. The van der Waals surface area contributed by atoms with Crippen LogP contribution in [0.15, 0.2) is 47.8 Å². The highest BCUT2D eigenvalue weighted by molar-refractivity contribution is 7.10. The maximum atomic E-state index is 11.7. The van der Waals surface area contributed by atoms with Crippen LogP contribution in [0.1, 0.15) is 15.2 Å². The van der Waals surface area contributed by atoms with Gasteiger partial charge in [-0.2, -0.15) is 0 Å². The van der Waals surface area contributed by atoms with Crippen molar-refractivity contribution in [3.8, 4) is 0 Å². The maximum Gasteiger partial charge on any atom is 0.168 e. The third kappa shape index (κ3) is 2.09. The molecule has 70 valence electrons. The Morgan fingerprint density at radius 3 is 2.50 bits per heavy atom. The van der Waals surface area contributed by atoms with Crippen molar-refractivity contribution in [2.45, 2.75) is 6.42 Å². The first kappa shape index (κ1) is 9.16. The van der Waals surface area contributed by atoms with E-state index in [-0.39, 0.29) is 5.78 Å². The summed E-state index contributed by atoms with van der Waals surface area (Å²) in [7, 11) is 0. The molecule has 0 amide bonds. The summed E-state index contributed by atoms with van der Waals surface area (Å²) in [5.41, 5.74) is 0.792. The van der Waals surface area contributed by atoms with Crippen LogP contribution in [-0.2, 0) is 6.42 Å². The molecule has 0 saturated carbocycles. The Labute approximate surface area is 87.0 Å². The highest BCUT2D eigenvalue weighted by Crippen LogP contribution is 2.12. The molecule has 0 bridgehead atoms. The van der Waals surface area contributed by atoms with Crippen LogP contribution in [0, 0.1) is 0 Å². The van der Waals surface area contributed by atoms with Gasteiger partial charge < -0.3 is 0 Å². The molecule has 2 aromatic rings. The van der Waals surface area contributed by atoms with Gasteiger partial charge in [0.15, 0.2) is 5.78 Å². The molecule has 1 aromatic heterocycles. The molecule has 1 aromatic carbocycles. The summed E-state index contributed by atoms with van der Waals surface area (Å²) in [4.78, 5) is 12.8. The largest absolute Gasteiger partial charge is 0.294 e. The lowest BCUT2D eigenvalue weighted by Crippen LogP contribution is -2.01. The van der Waals surface area contributed by atoms with E-state index in [9.17, 15) is 4.79 Å². The third-order valence-corrected chi connectivity index (χ3v) is 2.89. The monoisotopic (exact) mass is 202 g/mol. The van der Waals surface area contributed by atoms with E-state index < -0.39 is 0 Å². The molecule has 0 unspecified atom stereocenters. The number of Topliss-reactive ketones (excluding diaryl/α,β-unsaturated/α-hetero) is 1. The molecular formula is C12H10OS. The Kier molecular flexibility index (Phi) is 2.75. The van der Waals surface area contributed by atoms with Gasteiger partial charge in [0.2, 0.25) is 0 Å². The van der Waals surface area contributed by atoms with Crippen LogP contribution < -0.4 is 0 Å². The van der Waals surface area contributed by atoms with Crippen LogP contribution >= 0.6 is 11.3 Å². The van der Waals surface area contributed by atoms with E-state index in [1.165, 1.54) is 0 Å². The Balaban J connectivity index is 2.11. The van der Waals surface area contributed by atoms with Crippen molar-refractivity contribution in [1.29, 1.82) is 0 Å². The number of thiophene rings is 1. The number of carbonyl (C=O) groups excluding carboxylic acids is 1. The van der Waals surface area contributed by atoms with Gasteiger partial charge in [0, 0.05) is 16.9 Å². The van der Waals surface area contributed by atoms with Crippen molar-refractivity contribution in [3.05, 3.63) is 58.3 Å². The predicted octanol–water partition coefficient (Wildman–Crippen LogP) is 3.17. The van der Waals surface area contributed by atoms with Gasteiger partial charge in [-0.05, 0) is 11.4 Å². The van der Waals surface area contributed by atoms with Gasteiger partial charge in [-0.1, -0.05) is 36.4 Å². The second kappa shape index (κ2) is 4.20. The standard InChI is InChI=1S/C12H10OS/c13-12(9-11-7-4-8-14-11)10-5-2-1-3-6-10/h1-8H,9H2. The smallest absolute Gasteiger partial charge is 0.168 e. The van der Waals surface area contributed by atoms with Crippen molar-refractivity contribution >= 4 is 17.1 Å². The van der Waals surface area contributed by atoms with Crippen LogP contribution in [0.3, 0.4) is 0 Å². The lowest BCUT2D eigenvalue weighted by molar-refractivity contribution is 0.0994. The Bertz CT molecular complexity index is 403. The molecule has 2 rings (SSSR count). The zero-order valence-corrected chi connectivity index (χ0v) is 8.46. The van der Waals surface area contributed by atoms with Gasteiger partial charge in [0.25, 0.3) is 0 Å². The van der Waals surface area contributed by atoms with Crippen molar-refractivity contribution in [2.75, 3.05) is 0 Å². The second-order valence-corrected chi connectivity index (χ2v) is 4.08. The van der Waals surface area contributed by atoms with E-state index in [0.29, 0.717) is 6.42 Å². The Morgan fingerprint density at radius 2 is 1.86 bits per heavy atom. The minimum absolute atomic E-state index is 0.188. The molecule has 0 aliphatic carbocycles. The molecule has 0 spiro atoms. The van der Waals surface area contributed by atoms with Gasteiger partial charge in [0.1, 0.15) is 0 Å². The summed E-state index contributed by atoms with van der Waals surface area (Å²) in [6.45, 7) is 0. The molecule has 0 atom stereocenters. The zero-order valence-electron chi connectivity index (χ0n) is 7.64. The van der Waals surface area contributed by atoms with E-state index >= 15 is 0 Å². The van der Waals surface area contributed by atoms with Crippen LogP contribution in [0.4, 0.5) is 0 Å². The molecule has 0 saturated heterocycles. The summed E-state index contributed by atoms with van der Waals surface area (Å²) in [5, 5.41) is 1.99. The second-order valence-electron chi connectivity index (χ2n) is 3.05. The number of hydrogen-bond donors (Lipinski definition) is 0. The van der Waals surface area contributed by atoms with Crippen LogP contribution in [-0.4, -0.2) is 5.78 Å². The summed E-state index contributed by atoms with van der Waals surface area (Å²) < 4.78 is 0. The number of carbonyl (C=O) groups is 1. The van der Waals surface area contributed by atoms with Crippen LogP contribution in [0.25, 0.3) is 0 Å². The van der Waals surface area contributed by atoms with Gasteiger partial charge >= 0.3 is 0 Å². The SMILES string of the molecule is O=C(Cc1cccs1)c1ccccc1. The van der Waals surface area contributed by atoms with E-state index in [0.717, 1.165) is 10.4 Å². The van der Waals surface area contributed by atoms with Crippen molar-refractivity contribution in [2.24, 2.45) is 0 Å². The van der Waals surface area contributed by atoms with Gasteiger partial charge in [-0.3, -0.25) is 4.79 Å². The van der Waals surface area contributed by atoms with Crippen LogP contribution in [0.5, 0.6) is 0 Å². The summed E-state index contributed by atoms with van der Waals surface area (Å²) in [6.07, 6.45) is 0.516. The highest BCUT2D eigenvalue weighted by atomic mass is 32.1. The van der Waals surface area contributed by atoms with E-state index in [1.54, 1.807) is 11.3 Å². The molecule has 0 N–H and O–H groups in total. The van der Waals surface area contributed by atoms with Gasteiger partial charge in [-0.15, -0.1) is 11.3 Å². The number of benzene rings is 1. The molecule has 0 aliphatic rings. The predicted molar refractivity (Wildman–Crippen MR) is 58.8 cm³/mol. The first-order valence-corrected chi connectivity index (χ1v) is 5.35. The van der Waals surface area contributed by atoms with Crippen molar-refractivity contribution in [3.63, 3.8) is 0 Å². The molecule has 2 heteroatoms. The first-order chi connectivity index (χ1) is 6.86. The van der Waals surface area contributed by atoms with Crippen LogP contribution in [0.2, 0.25) is 0 Å². The van der Waals surface area contributed by atoms with E-state index in [4.69, 9.17) is 0 Å². The van der Waals surface area contributed by atoms with Crippen molar-refractivity contribution in [1.82, 2.24) is 0 Å². The first-order valence-electron chi connectivity index (χ1n) is 4.47. The fraction of sp³-hybridized carbons (Fsp3) is 0.0833. The minimum atomic E-state index is 0.188. The number of rotatable bonds is 3. The Morgan fingerprint density at radius 1 is 1.07 bits per heavy atom. The topological polar surface area (TPSA) is 17.1 Å². The minimum Gasteiger partial charge on any atom is -0.294 e. The normalized spacial score (nSPS) is 10.0. The molecule has 1 heterocycles. The highest BCUT2D eigenvalue weighted by Gasteiger charge is 2.06. The summed E-state index contributed by atoms with van der Waals surface area (Å²) >= 11 is 1.63. The quantitative estimate of drug-likeness (QED) is 0.699. The molecular weight excluding hydrogens is 192 g/mol. The lowest BCUT2D eigenvalue weighted by Gasteiger charge is -1.97. The lowest BCUT2D eigenvalue weighted by atomic mass is 10.1. The van der Waals surface area contributed by atoms with Gasteiger partial charge in [-0.25, -0.2) is 0 Å².